The van der Waals surface area contributed by atoms with E-state index in [1.165, 1.54) is 33.8 Å². The molecule has 4 aromatic heterocycles. The molecule has 0 spiro atoms. The van der Waals surface area contributed by atoms with Crippen molar-refractivity contribution in [3.05, 3.63) is 87.5 Å². The van der Waals surface area contributed by atoms with Gasteiger partial charge in [-0.1, -0.05) is 11.6 Å². The average molecular weight is 508 g/mol. The Morgan fingerprint density at radius 3 is 2.69 bits per heavy atom. The Bertz CT molecular complexity index is 1680. The number of aryl methyl sites for hydroxylation is 1. The first-order valence-corrected chi connectivity index (χ1v) is 11.2. The summed E-state index contributed by atoms with van der Waals surface area (Å²) in [5, 5.41) is 11.8. The van der Waals surface area contributed by atoms with Gasteiger partial charge in [-0.2, -0.15) is 18.4 Å². The summed E-state index contributed by atoms with van der Waals surface area (Å²) in [6, 6.07) is 10.6. The van der Waals surface area contributed by atoms with Crippen LogP contribution in [0, 0.1) is 11.9 Å². The number of hydrogen-bond donors (Lipinski definition) is 2. The monoisotopic (exact) mass is 507 g/mol. The second-order valence-electron chi connectivity index (χ2n) is 8.28. The largest absolute Gasteiger partial charge is 0.384 e. The number of benzene rings is 1. The number of nitrogens with zero attached hydrogens (tertiary/aromatic N) is 7. The van der Waals surface area contributed by atoms with Gasteiger partial charge in [0.15, 0.2) is 0 Å². The minimum atomic E-state index is -0.871. The zero-order valence-corrected chi connectivity index (χ0v) is 19.1. The number of tetrazole rings is 1. The van der Waals surface area contributed by atoms with Crippen molar-refractivity contribution in [2.24, 2.45) is 0 Å². The number of anilines is 1. The molecule has 0 radical (unpaired) electrons. The van der Waals surface area contributed by atoms with Crippen molar-refractivity contribution in [3.63, 3.8) is 0 Å². The van der Waals surface area contributed by atoms with E-state index in [2.05, 4.69) is 30.5 Å². The summed E-state index contributed by atoms with van der Waals surface area (Å²) in [6.45, 7) is 0. The van der Waals surface area contributed by atoms with E-state index in [0.717, 1.165) is 0 Å². The molecule has 0 amide bonds. The maximum Gasteiger partial charge on any atom is 0.251 e. The number of nitrogens with two attached hydrogens (primary N) is 1. The molecular formula is C23H16ClF2N9O. The predicted molar refractivity (Wildman–Crippen MR) is 126 cm³/mol. The highest BCUT2D eigenvalue weighted by molar-refractivity contribution is 6.31. The van der Waals surface area contributed by atoms with Crippen LogP contribution in [-0.2, 0) is 6.42 Å². The van der Waals surface area contributed by atoms with Crippen molar-refractivity contribution in [1.82, 2.24) is 39.7 Å². The van der Waals surface area contributed by atoms with E-state index in [1.54, 1.807) is 18.2 Å². The third-order valence-corrected chi connectivity index (χ3v) is 6.38. The van der Waals surface area contributed by atoms with Crippen molar-refractivity contribution >= 4 is 17.4 Å². The van der Waals surface area contributed by atoms with Crippen molar-refractivity contribution in [1.29, 1.82) is 0 Å². The van der Waals surface area contributed by atoms with E-state index in [1.807, 2.05) is 6.07 Å². The number of H-pyrrole nitrogens is 1. The number of halogens is 3. The number of aromatic nitrogens is 8. The molecule has 0 unspecified atom stereocenters. The van der Waals surface area contributed by atoms with Crippen molar-refractivity contribution in [2.45, 2.75) is 18.9 Å². The molecule has 5 heterocycles. The van der Waals surface area contributed by atoms with Crippen LogP contribution in [0.4, 0.5) is 14.6 Å². The molecule has 10 nitrogen and oxygen atoms in total. The molecule has 0 bridgehead atoms. The van der Waals surface area contributed by atoms with Crippen LogP contribution in [0.5, 0.6) is 0 Å². The van der Waals surface area contributed by atoms with Gasteiger partial charge in [-0.3, -0.25) is 4.79 Å². The Kier molecular flexibility index (Phi) is 5.11. The van der Waals surface area contributed by atoms with Gasteiger partial charge < -0.3 is 15.3 Å². The Morgan fingerprint density at radius 1 is 1.06 bits per heavy atom. The van der Waals surface area contributed by atoms with Crippen LogP contribution in [0.2, 0.25) is 5.02 Å². The standard InChI is InChI=1S/C23H16ClF2N9O/c24-12-1-4-16(34-10-28-32-33-34)15(9-12)11-7-13-2-5-17(35(13)19(36)8-11)20-22(26)31-23(30-20)14-3-6-18(27)29-21(14)25/h1,3-4,6-10,17H,2,5H2,(H2,27,29)(H,30,31)/t17-/m1/s1. The summed E-state index contributed by atoms with van der Waals surface area (Å²) in [5.41, 5.74) is 7.88. The van der Waals surface area contributed by atoms with E-state index in [0.29, 0.717) is 40.4 Å². The van der Waals surface area contributed by atoms with Gasteiger partial charge in [-0.05, 0) is 65.2 Å². The number of nitrogens with one attached hydrogen (secondary N) is 1. The molecule has 13 heteroatoms. The van der Waals surface area contributed by atoms with E-state index in [9.17, 15) is 13.6 Å². The van der Waals surface area contributed by atoms with E-state index >= 15 is 0 Å². The fraction of sp³-hybridized carbons (Fsp3) is 0.130. The molecule has 3 N–H and O–H groups in total. The van der Waals surface area contributed by atoms with Crippen LogP contribution in [0.25, 0.3) is 28.2 Å². The molecule has 1 atom stereocenters. The van der Waals surface area contributed by atoms with Gasteiger partial charge in [-0.15, -0.1) is 5.10 Å². The Balaban J connectivity index is 1.42. The van der Waals surface area contributed by atoms with Crippen molar-refractivity contribution in [2.75, 3.05) is 5.73 Å². The van der Waals surface area contributed by atoms with Crippen molar-refractivity contribution in [3.8, 4) is 28.2 Å². The summed E-state index contributed by atoms with van der Waals surface area (Å²) >= 11 is 6.24. The molecule has 36 heavy (non-hydrogen) atoms. The Hall–Kier alpha value is -4.45. The van der Waals surface area contributed by atoms with Crippen LogP contribution >= 0.6 is 11.6 Å². The smallest absolute Gasteiger partial charge is 0.251 e. The van der Waals surface area contributed by atoms with Gasteiger partial charge >= 0.3 is 0 Å². The molecule has 0 aliphatic carbocycles. The lowest BCUT2D eigenvalue weighted by atomic mass is 10.0. The quantitative estimate of drug-likeness (QED) is 0.356. The summed E-state index contributed by atoms with van der Waals surface area (Å²) in [7, 11) is 0. The molecule has 0 saturated heterocycles. The molecule has 6 rings (SSSR count). The highest BCUT2D eigenvalue weighted by Crippen LogP contribution is 2.35. The SMILES string of the molecule is Nc1ccc(-c2nc(F)c([C@H]3CCc4cc(-c5cc(Cl)ccc5-n5cnnn5)cc(=O)n43)[nH]2)c(F)n1. The Labute approximate surface area is 206 Å². The topological polar surface area (TPSA) is 133 Å². The lowest BCUT2D eigenvalue weighted by molar-refractivity contribution is 0.515. The average Bonchev–Trinajstić information content (AvgIpc) is 3.59. The van der Waals surface area contributed by atoms with Gasteiger partial charge in [0.1, 0.15) is 18.0 Å². The first-order valence-electron chi connectivity index (χ1n) is 10.9. The Morgan fingerprint density at radius 2 is 1.92 bits per heavy atom. The van der Waals surface area contributed by atoms with Crippen LogP contribution < -0.4 is 11.3 Å². The van der Waals surface area contributed by atoms with E-state index < -0.39 is 17.9 Å². The minimum Gasteiger partial charge on any atom is -0.384 e. The van der Waals surface area contributed by atoms with Crippen LogP contribution in [-0.4, -0.2) is 39.7 Å². The highest BCUT2D eigenvalue weighted by Gasteiger charge is 2.30. The van der Waals surface area contributed by atoms with Crippen LogP contribution in [0.15, 0.2) is 53.6 Å². The zero-order valence-electron chi connectivity index (χ0n) is 18.4. The van der Waals surface area contributed by atoms with Crippen LogP contribution in [0.3, 0.4) is 0 Å². The lowest BCUT2D eigenvalue weighted by Crippen LogP contribution is -2.24. The van der Waals surface area contributed by atoms with Gasteiger partial charge in [-0.25, -0.2) is 4.98 Å². The molecule has 0 saturated carbocycles. The predicted octanol–water partition coefficient (Wildman–Crippen LogP) is 3.33. The summed E-state index contributed by atoms with van der Waals surface area (Å²) in [6.07, 6.45) is 2.41. The van der Waals surface area contributed by atoms with Gasteiger partial charge in [0, 0.05) is 22.3 Å². The van der Waals surface area contributed by atoms with Crippen LogP contribution in [0.1, 0.15) is 23.9 Å². The number of fused-ring (bicyclic) bond motifs is 1. The third kappa shape index (κ3) is 3.62. The van der Waals surface area contributed by atoms with Crippen molar-refractivity contribution < 1.29 is 8.78 Å². The second kappa shape index (κ2) is 8.34. The van der Waals surface area contributed by atoms with E-state index in [4.69, 9.17) is 17.3 Å². The molecule has 1 aliphatic heterocycles. The number of pyridine rings is 2. The molecule has 180 valence electrons. The molecule has 1 aliphatic rings. The fourth-order valence-corrected chi connectivity index (χ4v) is 4.75. The van der Waals surface area contributed by atoms with Gasteiger partial charge in [0.25, 0.3) is 5.56 Å². The van der Waals surface area contributed by atoms with E-state index in [-0.39, 0.29) is 28.5 Å². The second-order valence-corrected chi connectivity index (χ2v) is 8.71. The normalized spacial score (nSPS) is 14.8. The van der Waals surface area contributed by atoms with Gasteiger partial charge in [0.2, 0.25) is 11.9 Å². The highest BCUT2D eigenvalue weighted by atomic mass is 35.5. The summed E-state index contributed by atoms with van der Waals surface area (Å²) < 4.78 is 32.2. The molecule has 5 aromatic rings. The zero-order chi connectivity index (χ0) is 25.0. The fourth-order valence-electron chi connectivity index (χ4n) is 4.57. The number of hydrogen-bond acceptors (Lipinski definition) is 7. The number of imidazole rings is 1. The number of nitrogen functional groups attached to an aromatic ring is 1. The van der Waals surface area contributed by atoms with Gasteiger partial charge in [0.05, 0.1) is 23.0 Å². The maximum absolute atomic E-state index is 14.9. The maximum atomic E-state index is 14.9. The first-order chi connectivity index (χ1) is 17.4. The third-order valence-electron chi connectivity index (χ3n) is 6.14. The summed E-state index contributed by atoms with van der Waals surface area (Å²) in [5.74, 6) is -1.72. The number of aromatic amines is 1. The molecule has 1 aromatic carbocycles. The number of rotatable bonds is 4. The molecular weight excluding hydrogens is 492 g/mol. The molecule has 0 fully saturated rings. The first kappa shape index (κ1) is 22.0. The lowest BCUT2D eigenvalue weighted by Gasteiger charge is -2.15. The summed E-state index contributed by atoms with van der Waals surface area (Å²) in [4.78, 5) is 23.5. The minimum absolute atomic E-state index is 0.00137.